The highest BCUT2D eigenvalue weighted by atomic mass is 35.6. The number of ketones is 1. The van der Waals surface area contributed by atoms with Gasteiger partial charge < -0.3 is 10.1 Å². The summed E-state index contributed by atoms with van der Waals surface area (Å²) in [7, 11) is 0. The predicted octanol–water partition coefficient (Wildman–Crippen LogP) is 2.30. The summed E-state index contributed by atoms with van der Waals surface area (Å²) in [4.78, 5) is 14.2. The van der Waals surface area contributed by atoms with E-state index in [1.165, 1.54) is 12.3 Å². The highest BCUT2D eigenvalue weighted by Gasteiger charge is 2.32. The second-order valence-corrected chi connectivity index (χ2v) is 5.19. The molecule has 86 valence electrons. The van der Waals surface area contributed by atoms with Crippen LogP contribution >= 0.6 is 34.8 Å². The van der Waals surface area contributed by atoms with Gasteiger partial charge in [0.1, 0.15) is 0 Å². The van der Waals surface area contributed by atoms with Gasteiger partial charge in [-0.2, -0.15) is 0 Å². The van der Waals surface area contributed by atoms with Crippen molar-refractivity contribution in [1.29, 1.82) is 0 Å². The maximum Gasteiger partial charge on any atom is 0.254 e. The van der Waals surface area contributed by atoms with E-state index in [1.54, 1.807) is 0 Å². The molecule has 6 heteroatoms. The minimum Gasteiger partial charge on any atom is -0.395 e. The maximum atomic E-state index is 11.5. The first-order valence-electron chi connectivity index (χ1n) is 4.35. The van der Waals surface area contributed by atoms with Crippen LogP contribution in [0.25, 0.3) is 0 Å². The van der Waals surface area contributed by atoms with Gasteiger partial charge in [0.05, 0.1) is 12.3 Å². The first-order chi connectivity index (χ1) is 7.45. The standard InChI is InChI=1S/C10H8Cl3NO2/c11-10(12,13)9(16)8-5-7(6-14-8)3-1-2-4-15/h5-6,14-15H,2,4H2. The molecule has 2 N–H and O–H groups in total. The van der Waals surface area contributed by atoms with Gasteiger partial charge in [-0.05, 0) is 6.07 Å². The van der Waals surface area contributed by atoms with Crippen molar-refractivity contribution in [3.05, 3.63) is 23.5 Å². The number of carbonyl (C=O) groups excluding carboxylic acids is 1. The molecule has 1 heterocycles. The molecule has 0 spiro atoms. The molecule has 0 atom stereocenters. The molecule has 0 aliphatic heterocycles. The van der Waals surface area contributed by atoms with Gasteiger partial charge in [-0.15, -0.1) is 0 Å². The van der Waals surface area contributed by atoms with Gasteiger partial charge in [0.25, 0.3) is 3.79 Å². The Labute approximate surface area is 108 Å². The molecule has 0 aliphatic rings. The number of aromatic nitrogens is 1. The Morgan fingerprint density at radius 3 is 2.75 bits per heavy atom. The minimum atomic E-state index is -1.97. The van der Waals surface area contributed by atoms with Crippen LogP contribution in [0.2, 0.25) is 0 Å². The van der Waals surface area contributed by atoms with Gasteiger partial charge in [-0.25, -0.2) is 0 Å². The molecule has 16 heavy (non-hydrogen) atoms. The summed E-state index contributed by atoms with van der Waals surface area (Å²) in [6, 6.07) is 1.49. The Kier molecular flexibility index (Phi) is 4.69. The predicted molar refractivity (Wildman–Crippen MR) is 64.0 cm³/mol. The topological polar surface area (TPSA) is 53.1 Å². The van der Waals surface area contributed by atoms with Crippen LogP contribution in [0, 0.1) is 11.8 Å². The van der Waals surface area contributed by atoms with E-state index >= 15 is 0 Å². The van der Waals surface area contributed by atoms with Crippen molar-refractivity contribution in [1.82, 2.24) is 4.98 Å². The fraction of sp³-hybridized carbons (Fsp3) is 0.300. The molecular weight excluding hydrogens is 272 g/mol. The minimum absolute atomic E-state index is 0.00262. The van der Waals surface area contributed by atoms with Crippen molar-refractivity contribution >= 4 is 40.6 Å². The zero-order chi connectivity index (χ0) is 12.2. The lowest BCUT2D eigenvalue weighted by atomic mass is 10.2. The van der Waals surface area contributed by atoms with Gasteiger partial charge in [0.15, 0.2) is 0 Å². The van der Waals surface area contributed by atoms with Crippen molar-refractivity contribution in [3.8, 4) is 11.8 Å². The van der Waals surface area contributed by atoms with Crippen LogP contribution in [0.5, 0.6) is 0 Å². The smallest absolute Gasteiger partial charge is 0.254 e. The van der Waals surface area contributed by atoms with Crippen molar-refractivity contribution in [2.75, 3.05) is 6.61 Å². The average Bonchev–Trinajstić information content (AvgIpc) is 2.64. The van der Waals surface area contributed by atoms with E-state index in [4.69, 9.17) is 39.9 Å². The molecular formula is C10H8Cl3NO2. The molecule has 0 fully saturated rings. The van der Waals surface area contributed by atoms with Gasteiger partial charge in [-0.3, -0.25) is 4.79 Å². The number of alkyl halides is 3. The van der Waals surface area contributed by atoms with Crippen LogP contribution in [-0.4, -0.2) is 26.3 Å². The number of Topliss-reactive ketones (excluding diaryl/α,β-unsaturated/α-hetero) is 1. The summed E-state index contributed by atoms with van der Waals surface area (Å²) >= 11 is 16.3. The molecule has 1 aromatic heterocycles. The summed E-state index contributed by atoms with van der Waals surface area (Å²) < 4.78 is -1.97. The summed E-state index contributed by atoms with van der Waals surface area (Å²) in [6.07, 6.45) is 1.91. The number of H-pyrrole nitrogens is 1. The molecule has 0 unspecified atom stereocenters. The van der Waals surface area contributed by atoms with Gasteiger partial charge >= 0.3 is 0 Å². The SMILES string of the molecule is O=C(c1cc(C#CCCO)c[nH]1)C(Cl)(Cl)Cl. The summed E-state index contributed by atoms with van der Waals surface area (Å²) in [5.74, 6) is 4.83. The first kappa shape index (κ1) is 13.4. The number of rotatable bonds is 2. The largest absolute Gasteiger partial charge is 0.395 e. The molecule has 0 amide bonds. The number of halogens is 3. The number of nitrogens with one attached hydrogen (secondary N) is 1. The number of hydrogen-bond donors (Lipinski definition) is 2. The number of aromatic amines is 1. The molecule has 0 saturated heterocycles. The summed E-state index contributed by atoms with van der Waals surface area (Å²) in [5, 5.41) is 8.53. The number of aliphatic hydroxyl groups excluding tert-OH is 1. The van der Waals surface area contributed by atoms with Crippen molar-refractivity contribution in [2.45, 2.75) is 10.2 Å². The van der Waals surface area contributed by atoms with E-state index in [9.17, 15) is 4.79 Å². The third kappa shape index (κ3) is 3.73. The highest BCUT2D eigenvalue weighted by Crippen LogP contribution is 2.30. The fourth-order valence-electron chi connectivity index (χ4n) is 0.971. The van der Waals surface area contributed by atoms with Crippen LogP contribution in [-0.2, 0) is 0 Å². The molecule has 0 aromatic carbocycles. The zero-order valence-electron chi connectivity index (χ0n) is 8.06. The Morgan fingerprint density at radius 2 is 2.19 bits per heavy atom. The molecule has 0 saturated carbocycles. The van der Waals surface area contributed by atoms with E-state index in [0.717, 1.165) is 0 Å². The Balaban J connectivity index is 2.81. The lowest BCUT2D eigenvalue weighted by molar-refractivity contribution is 0.0992. The molecule has 0 aliphatic carbocycles. The monoisotopic (exact) mass is 279 g/mol. The van der Waals surface area contributed by atoms with E-state index in [2.05, 4.69) is 16.8 Å². The van der Waals surface area contributed by atoms with Crippen LogP contribution in [0.15, 0.2) is 12.3 Å². The number of aliphatic hydroxyl groups is 1. The Morgan fingerprint density at radius 1 is 1.50 bits per heavy atom. The Bertz CT molecular complexity index is 437. The second-order valence-electron chi connectivity index (χ2n) is 2.90. The Hall–Kier alpha value is -0.660. The van der Waals surface area contributed by atoms with Gasteiger partial charge in [0, 0.05) is 18.2 Å². The first-order valence-corrected chi connectivity index (χ1v) is 5.48. The van der Waals surface area contributed by atoms with Crippen molar-refractivity contribution in [3.63, 3.8) is 0 Å². The normalized spacial score (nSPS) is 10.8. The van der Waals surface area contributed by atoms with Crippen LogP contribution in [0.1, 0.15) is 22.5 Å². The summed E-state index contributed by atoms with van der Waals surface area (Å²) in [5.41, 5.74) is 0.791. The second kappa shape index (κ2) is 5.60. The van der Waals surface area contributed by atoms with Crippen LogP contribution < -0.4 is 0 Å². The van der Waals surface area contributed by atoms with Gasteiger partial charge in [-0.1, -0.05) is 46.6 Å². The maximum absolute atomic E-state index is 11.5. The molecule has 1 aromatic rings. The molecule has 0 radical (unpaired) electrons. The quantitative estimate of drug-likeness (QED) is 0.496. The molecule has 3 nitrogen and oxygen atoms in total. The zero-order valence-corrected chi connectivity index (χ0v) is 10.3. The van der Waals surface area contributed by atoms with E-state index in [0.29, 0.717) is 12.0 Å². The lowest BCUT2D eigenvalue weighted by Crippen LogP contribution is -2.19. The van der Waals surface area contributed by atoms with Crippen molar-refractivity contribution < 1.29 is 9.90 Å². The number of hydrogen-bond acceptors (Lipinski definition) is 2. The van der Waals surface area contributed by atoms with E-state index in [-0.39, 0.29) is 12.3 Å². The van der Waals surface area contributed by atoms with Gasteiger partial charge in [0.2, 0.25) is 5.78 Å². The molecule has 0 bridgehead atoms. The number of carbonyl (C=O) groups is 1. The van der Waals surface area contributed by atoms with Crippen LogP contribution in [0.3, 0.4) is 0 Å². The third-order valence-electron chi connectivity index (χ3n) is 1.65. The third-order valence-corrected chi connectivity index (χ3v) is 2.17. The molecule has 1 rings (SSSR count). The lowest BCUT2D eigenvalue weighted by Gasteiger charge is -2.06. The summed E-state index contributed by atoms with van der Waals surface area (Å²) in [6.45, 7) is -0.00262. The van der Waals surface area contributed by atoms with Crippen LogP contribution in [0.4, 0.5) is 0 Å². The fourth-order valence-corrected chi connectivity index (χ4v) is 1.28. The van der Waals surface area contributed by atoms with E-state index < -0.39 is 9.58 Å². The van der Waals surface area contributed by atoms with E-state index in [1.807, 2.05) is 0 Å². The highest BCUT2D eigenvalue weighted by molar-refractivity contribution is 6.77. The average molecular weight is 281 g/mol. The van der Waals surface area contributed by atoms with Crippen molar-refractivity contribution in [2.24, 2.45) is 0 Å².